The van der Waals surface area contributed by atoms with Gasteiger partial charge in [0, 0.05) is 71.5 Å². The summed E-state index contributed by atoms with van der Waals surface area (Å²) >= 11 is 0. The Balaban J connectivity index is 1.96. The molecule has 0 radical (unpaired) electrons. The van der Waals surface area contributed by atoms with Crippen LogP contribution in [0.1, 0.15) is 13.8 Å². The molecule has 1 aliphatic heterocycles. The van der Waals surface area contributed by atoms with Crippen LogP contribution in [0.5, 0.6) is 0 Å². The number of nitrogens with one attached hydrogen (secondary N) is 1. The van der Waals surface area contributed by atoms with E-state index in [1.165, 1.54) is 32.7 Å². The van der Waals surface area contributed by atoms with Gasteiger partial charge in [0.25, 0.3) is 0 Å². The molecule has 0 atom stereocenters. The molecule has 1 aliphatic rings. The van der Waals surface area contributed by atoms with Crippen molar-refractivity contribution in [1.29, 1.82) is 0 Å². The summed E-state index contributed by atoms with van der Waals surface area (Å²) in [6.45, 7) is 15.5. The molecule has 3 N–H and O–H groups in total. The van der Waals surface area contributed by atoms with Crippen molar-refractivity contribution in [3.8, 4) is 0 Å². The summed E-state index contributed by atoms with van der Waals surface area (Å²) in [5.74, 6) is 0. The maximum Gasteiger partial charge on any atom is 0.0110 e. The first kappa shape index (κ1) is 16.9. The lowest BCUT2D eigenvalue weighted by Crippen LogP contribution is -2.49. The van der Waals surface area contributed by atoms with Gasteiger partial charge in [-0.05, 0) is 20.9 Å². The van der Waals surface area contributed by atoms with Crippen LogP contribution < -0.4 is 11.1 Å². The number of piperazine rings is 1. The standard InChI is InChI=1S/C14H33N5/c1-14(2)17(3)8-5-16-6-9-19-12-10-18(7-4-15)11-13-19/h14,16H,4-13,15H2,1-3H3. The lowest BCUT2D eigenvalue weighted by atomic mass is 10.3. The summed E-state index contributed by atoms with van der Waals surface area (Å²) < 4.78 is 0. The third-order valence-electron chi connectivity index (χ3n) is 4.04. The Morgan fingerprint density at radius 3 is 2.16 bits per heavy atom. The zero-order valence-electron chi connectivity index (χ0n) is 13.1. The van der Waals surface area contributed by atoms with Gasteiger partial charge in [0.1, 0.15) is 0 Å². The molecular weight excluding hydrogens is 238 g/mol. The van der Waals surface area contributed by atoms with Crippen LogP contribution in [0.15, 0.2) is 0 Å². The smallest absolute Gasteiger partial charge is 0.0110 e. The maximum atomic E-state index is 5.58. The molecule has 19 heavy (non-hydrogen) atoms. The fourth-order valence-electron chi connectivity index (χ4n) is 2.29. The van der Waals surface area contributed by atoms with Crippen LogP contribution in [-0.2, 0) is 0 Å². The summed E-state index contributed by atoms with van der Waals surface area (Å²) in [5.41, 5.74) is 5.58. The number of nitrogens with zero attached hydrogens (tertiary/aromatic N) is 3. The van der Waals surface area contributed by atoms with E-state index in [0.717, 1.165) is 32.7 Å². The third-order valence-corrected chi connectivity index (χ3v) is 4.04. The van der Waals surface area contributed by atoms with Crippen LogP contribution in [0.3, 0.4) is 0 Å². The first-order valence-electron chi connectivity index (χ1n) is 7.69. The largest absolute Gasteiger partial charge is 0.329 e. The number of hydrogen-bond donors (Lipinski definition) is 2. The van der Waals surface area contributed by atoms with Crippen LogP contribution in [0.25, 0.3) is 0 Å². The van der Waals surface area contributed by atoms with Gasteiger partial charge in [-0.3, -0.25) is 9.80 Å². The number of nitrogens with two attached hydrogens (primary N) is 1. The van der Waals surface area contributed by atoms with E-state index in [1.807, 2.05) is 0 Å². The molecule has 0 bridgehead atoms. The molecular formula is C14H33N5. The Kier molecular flexibility index (Phi) is 8.57. The zero-order chi connectivity index (χ0) is 14.1. The first-order chi connectivity index (χ1) is 9.13. The quantitative estimate of drug-likeness (QED) is 0.553. The number of rotatable bonds is 9. The van der Waals surface area contributed by atoms with E-state index in [-0.39, 0.29) is 0 Å². The van der Waals surface area contributed by atoms with E-state index in [2.05, 4.69) is 40.9 Å². The Bertz CT molecular complexity index is 214. The maximum absolute atomic E-state index is 5.58. The molecule has 1 rings (SSSR count). The molecule has 114 valence electrons. The van der Waals surface area contributed by atoms with Gasteiger partial charge in [-0.1, -0.05) is 0 Å². The van der Waals surface area contributed by atoms with Gasteiger partial charge in [0.2, 0.25) is 0 Å². The van der Waals surface area contributed by atoms with Crippen LogP contribution in [0.2, 0.25) is 0 Å². The van der Waals surface area contributed by atoms with Gasteiger partial charge in [0.15, 0.2) is 0 Å². The predicted octanol–water partition coefficient (Wildman–Crippen LogP) is -0.507. The summed E-state index contributed by atoms with van der Waals surface area (Å²) in [6.07, 6.45) is 0. The molecule has 0 saturated carbocycles. The lowest BCUT2D eigenvalue weighted by Gasteiger charge is -2.34. The van der Waals surface area contributed by atoms with Crippen molar-refractivity contribution in [3.05, 3.63) is 0 Å². The van der Waals surface area contributed by atoms with E-state index in [9.17, 15) is 0 Å². The van der Waals surface area contributed by atoms with Gasteiger partial charge in [0.05, 0.1) is 0 Å². The summed E-state index contributed by atoms with van der Waals surface area (Å²) in [6, 6.07) is 0.637. The SMILES string of the molecule is CC(C)N(C)CCNCCN1CCN(CCN)CC1. The average Bonchev–Trinajstić information content (AvgIpc) is 2.40. The van der Waals surface area contributed by atoms with Crippen LogP contribution >= 0.6 is 0 Å². The third kappa shape index (κ3) is 7.22. The minimum Gasteiger partial charge on any atom is -0.329 e. The summed E-state index contributed by atoms with van der Waals surface area (Å²) in [5, 5.41) is 3.54. The molecule has 5 heteroatoms. The Morgan fingerprint density at radius 1 is 1.05 bits per heavy atom. The number of hydrogen-bond acceptors (Lipinski definition) is 5. The fraction of sp³-hybridized carbons (Fsp3) is 1.00. The number of likely N-dealkylation sites (N-methyl/N-ethyl adjacent to an activating group) is 1. The van der Waals surface area contributed by atoms with Gasteiger partial charge < -0.3 is 16.0 Å². The first-order valence-corrected chi connectivity index (χ1v) is 7.69. The Labute approximate surface area is 119 Å². The molecule has 0 aromatic rings. The van der Waals surface area contributed by atoms with E-state index >= 15 is 0 Å². The molecule has 1 saturated heterocycles. The monoisotopic (exact) mass is 271 g/mol. The second-order valence-corrected chi connectivity index (χ2v) is 5.80. The van der Waals surface area contributed by atoms with Crippen LogP contribution in [0, 0.1) is 0 Å². The summed E-state index contributed by atoms with van der Waals surface area (Å²) in [7, 11) is 2.18. The minimum absolute atomic E-state index is 0.637. The topological polar surface area (TPSA) is 47.8 Å². The molecule has 5 nitrogen and oxygen atoms in total. The second kappa shape index (κ2) is 9.66. The van der Waals surface area contributed by atoms with Crippen LogP contribution in [0.4, 0.5) is 0 Å². The average molecular weight is 271 g/mol. The van der Waals surface area contributed by atoms with Crippen molar-refractivity contribution < 1.29 is 0 Å². The van der Waals surface area contributed by atoms with Crippen LogP contribution in [-0.4, -0.2) is 93.2 Å². The summed E-state index contributed by atoms with van der Waals surface area (Å²) in [4.78, 5) is 7.38. The van der Waals surface area contributed by atoms with E-state index < -0.39 is 0 Å². The van der Waals surface area contributed by atoms with Gasteiger partial charge in [-0.25, -0.2) is 0 Å². The van der Waals surface area contributed by atoms with Crippen molar-refractivity contribution in [2.75, 3.05) is 72.5 Å². The lowest BCUT2D eigenvalue weighted by molar-refractivity contribution is 0.135. The van der Waals surface area contributed by atoms with Gasteiger partial charge in [-0.15, -0.1) is 0 Å². The Morgan fingerprint density at radius 2 is 1.63 bits per heavy atom. The van der Waals surface area contributed by atoms with Crippen molar-refractivity contribution in [3.63, 3.8) is 0 Å². The van der Waals surface area contributed by atoms with Crippen molar-refractivity contribution in [2.45, 2.75) is 19.9 Å². The van der Waals surface area contributed by atoms with Gasteiger partial charge >= 0.3 is 0 Å². The molecule has 0 unspecified atom stereocenters. The van der Waals surface area contributed by atoms with Crippen molar-refractivity contribution >= 4 is 0 Å². The normalized spacial score (nSPS) is 18.6. The van der Waals surface area contributed by atoms with Crippen molar-refractivity contribution in [2.24, 2.45) is 5.73 Å². The molecule has 1 heterocycles. The Hall–Kier alpha value is -0.200. The highest BCUT2D eigenvalue weighted by Gasteiger charge is 2.15. The highest BCUT2D eigenvalue weighted by Crippen LogP contribution is 1.99. The highest BCUT2D eigenvalue weighted by atomic mass is 15.3. The van der Waals surface area contributed by atoms with Gasteiger partial charge in [-0.2, -0.15) is 0 Å². The van der Waals surface area contributed by atoms with E-state index in [1.54, 1.807) is 0 Å². The molecule has 0 aromatic heterocycles. The minimum atomic E-state index is 0.637. The highest BCUT2D eigenvalue weighted by molar-refractivity contribution is 4.72. The molecule has 1 fully saturated rings. The molecule has 0 amide bonds. The fourth-order valence-corrected chi connectivity index (χ4v) is 2.29. The molecule has 0 aromatic carbocycles. The zero-order valence-corrected chi connectivity index (χ0v) is 13.1. The van der Waals surface area contributed by atoms with E-state index in [4.69, 9.17) is 5.73 Å². The molecule has 0 spiro atoms. The van der Waals surface area contributed by atoms with Crippen molar-refractivity contribution in [1.82, 2.24) is 20.0 Å². The molecule has 0 aliphatic carbocycles. The van der Waals surface area contributed by atoms with E-state index in [0.29, 0.717) is 6.04 Å². The second-order valence-electron chi connectivity index (χ2n) is 5.80. The predicted molar refractivity (Wildman–Crippen MR) is 82.6 cm³/mol.